The molecule has 38 unspecified atom stereocenters. The molecule has 30 rings (SSSR count). The Morgan fingerprint density at radius 3 is 0.535 bits per heavy atom. The lowest BCUT2D eigenvalue weighted by Crippen LogP contribution is -2.68. The van der Waals surface area contributed by atoms with Crippen molar-refractivity contribution in [2.75, 3.05) is 52.9 Å². The molecule has 0 spiro atoms. The van der Waals surface area contributed by atoms with Crippen LogP contribution >= 0.6 is 0 Å². The van der Waals surface area contributed by atoms with E-state index in [1.54, 1.807) is 0 Å². The first-order valence-electron chi connectivity index (χ1n) is 27.9. The lowest BCUT2D eigenvalue weighted by atomic mass is 9.95. The molecule has 38 nitrogen and oxygen atoms in total. The van der Waals surface area contributed by atoms with E-state index in [1.165, 1.54) is 0 Å². The molecule has 0 aromatic rings. The predicted molar refractivity (Wildman–Crippen MR) is 258 cm³/mol. The Kier molecular flexibility index (Phi) is 23.7. The predicted octanol–water partition coefficient (Wildman–Crippen LogP) is -15.3. The van der Waals surface area contributed by atoms with Gasteiger partial charge in [0.25, 0.3) is 0 Å². The van der Waals surface area contributed by atoms with Crippen molar-refractivity contribution in [1.29, 1.82) is 0 Å². The van der Waals surface area contributed by atoms with Crippen LogP contribution in [-0.4, -0.2) is 399 Å². The second-order valence-corrected chi connectivity index (χ2v) is 22.3. The second kappa shape index (κ2) is 29.6. The van der Waals surface area contributed by atoms with Crippen LogP contribution in [-0.2, 0) is 75.8 Å². The maximum absolute atomic E-state index is 11.4. The number of aliphatic hydroxyl groups is 22. The van der Waals surface area contributed by atoms with Gasteiger partial charge < -0.3 is 188 Å². The minimum atomic E-state index is -2.18. The van der Waals surface area contributed by atoms with Gasteiger partial charge in [-0.2, -0.15) is 0 Å². The van der Waals surface area contributed by atoms with Crippen LogP contribution in [0.1, 0.15) is 12.8 Å². The highest BCUT2D eigenvalue weighted by atomic mass is 16.8. The first-order chi connectivity index (χ1) is 41.0. The zero-order valence-electron chi connectivity index (χ0n) is 45.4. The Bertz CT molecular complexity index is 1930. The zero-order chi connectivity index (χ0) is 62.3. The first-order valence-corrected chi connectivity index (χ1v) is 27.9. The standard InChI is InChI=1S/C48H80O38/c49-3-15-13-1-11(57)41(73-15)81-35-17(5-51)77-45(31(67)25(35)61)85-39-21(9-55)80-48(34(70)28(39)64)84-38-20(8-54)76-44(30(66)24(38)60)72-14-2-12(58)42(74-16(14)4-50)82-36-18(6-52)78-46(32(68)26(36)62)86-40-22(10-56)79-47(33(69)27(40)63)83-37-19(7-53)75-43(71-13)29(65)23(37)59/h11-70H,1-10H2. The van der Waals surface area contributed by atoms with Crippen molar-refractivity contribution < 1.29 is 188 Å². The molecule has 30 aliphatic rings. The summed E-state index contributed by atoms with van der Waals surface area (Å²) in [6.07, 6.45) is -72.6. The van der Waals surface area contributed by atoms with E-state index in [2.05, 4.69) is 0 Å². The molecule has 0 saturated carbocycles. The van der Waals surface area contributed by atoms with Crippen LogP contribution in [0.2, 0.25) is 0 Å². The molecule has 30 aliphatic heterocycles. The Balaban J connectivity index is 0.959. The molecule has 0 radical (unpaired) electrons. The van der Waals surface area contributed by atoms with Crippen LogP contribution in [0.3, 0.4) is 0 Å². The van der Waals surface area contributed by atoms with Crippen LogP contribution in [0.5, 0.6) is 0 Å². The van der Waals surface area contributed by atoms with Crippen LogP contribution in [0.25, 0.3) is 0 Å². The van der Waals surface area contributed by atoms with E-state index in [0.29, 0.717) is 0 Å². The minimum absolute atomic E-state index is 0.531. The Morgan fingerprint density at radius 1 is 0.186 bits per heavy atom. The van der Waals surface area contributed by atoms with E-state index in [9.17, 15) is 112 Å². The van der Waals surface area contributed by atoms with Crippen molar-refractivity contribution in [1.82, 2.24) is 0 Å². The third-order valence-corrected chi connectivity index (χ3v) is 16.7. The van der Waals surface area contributed by atoms with Crippen LogP contribution in [0.4, 0.5) is 0 Å². The molecular formula is C48H80O38. The van der Waals surface area contributed by atoms with Gasteiger partial charge >= 0.3 is 0 Å². The number of hydrogen-bond acceptors (Lipinski definition) is 38. The van der Waals surface area contributed by atoms with E-state index in [1.807, 2.05) is 0 Å². The summed E-state index contributed by atoms with van der Waals surface area (Å²) in [4.78, 5) is 0. The van der Waals surface area contributed by atoms with Gasteiger partial charge in [-0.1, -0.05) is 0 Å². The molecule has 16 bridgehead atoms. The fourth-order valence-electron chi connectivity index (χ4n) is 11.8. The number of aliphatic hydroxyl groups excluding tert-OH is 22. The molecule has 22 N–H and O–H groups in total. The lowest BCUT2D eigenvalue weighted by Gasteiger charge is -2.50. The van der Waals surface area contributed by atoms with Gasteiger partial charge in [0, 0.05) is 12.8 Å². The summed E-state index contributed by atoms with van der Waals surface area (Å²) in [6, 6.07) is 0. The summed E-state index contributed by atoms with van der Waals surface area (Å²) >= 11 is 0. The molecule has 0 amide bonds. The largest absolute Gasteiger partial charge is 0.394 e. The second-order valence-electron chi connectivity index (χ2n) is 22.3. The fraction of sp³-hybridized carbons (Fsp3) is 1.00. The number of hydrogen-bond donors (Lipinski definition) is 22. The molecule has 30 saturated heterocycles. The number of ether oxygens (including phenoxy) is 16. The van der Waals surface area contributed by atoms with Crippen molar-refractivity contribution in [3.05, 3.63) is 0 Å². The van der Waals surface area contributed by atoms with Gasteiger partial charge in [-0.05, 0) is 0 Å². The first kappa shape index (κ1) is 68.8. The highest BCUT2D eigenvalue weighted by Gasteiger charge is 2.59. The smallest absolute Gasteiger partial charge is 0.187 e. The van der Waals surface area contributed by atoms with Gasteiger partial charge in [-0.25, -0.2) is 0 Å². The molecule has 30 fully saturated rings. The van der Waals surface area contributed by atoms with E-state index >= 15 is 0 Å². The fourth-order valence-corrected chi connectivity index (χ4v) is 11.8. The third-order valence-electron chi connectivity index (χ3n) is 16.7. The molecule has 86 heavy (non-hydrogen) atoms. The maximum atomic E-state index is 11.4. The van der Waals surface area contributed by atoms with Crippen LogP contribution < -0.4 is 0 Å². The SMILES string of the molecule is OCC1OC2OC3C(CO)OC(OC4C(CO)OC(OC5C(CO)OC(OC6CC(O)C(OC6CO)OC6C(CO)OC(OC7C(CO)OC(OC8C(CO)OC(OC1CC2O)C(O)C8O)C(O)C7O)C(O)C6O)C(O)C5O)C(O)C4O)C(O)C3O. The highest BCUT2D eigenvalue weighted by molar-refractivity contribution is 5.01. The Labute approximate surface area is 486 Å². The van der Waals surface area contributed by atoms with Crippen molar-refractivity contribution >= 4 is 0 Å². The van der Waals surface area contributed by atoms with Crippen LogP contribution in [0, 0.1) is 0 Å². The quantitative estimate of drug-likeness (QED) is 0.107. The third kappa shape index (κ3) is 13.9. The summed E-state index contributed by atoms with van der Waals surface area (Å²) in [7, 11) is 0. The highest BCUT2D eigenvalue weighted by Crippen LogP contribution is 2.39. The maximum Gasteiger partial charge on any atom is 0.187 e. The molecule has 38 heteroatoms. The van der Waals surface area contributed by atoms with Crippen molar-refractivity contribution in [3.63, 3.8) is 0 Å². The molecule has 0 aromatic carbocycles. The van der Waals surface area contributed by atoms with E-state index in [4.69, 9.17) is 75.8 Å². The summed E-state index contributed by atoms with van der Waals surface area (Å²) in [5, 5.41) is 242. The lowest BCUT2D eigenvalue weighted by molar-refractivity contribution is -0.397. The average molecular weight is 1270 g/mol. The molecule has 0 aromatic heterocycles. The van der Waals surface area contributed by atoms with Crippen LogP contribution in [0.15, 0.2) is 0 Å². The van der Waals surface area contributed by atoms with Gasteiger partial charge in [0.1, 0.15) is 171 Å². The molecule has 500 valence electrons. The van der Waals surface area contributed by atoms with Gasteiger partial charge in [0.2, 0.25) is 0 Å². The zero-order valence-corrected chi connectivity index (χ0v) is 45.4. The Morgan fingerprint density at radius 2 is 0.349 bits per heavy atom. The van der Waals surface area contributed by atoms with Crippen molar-refractivity contribution in [2.24, 2.45) is 0 Å². The van der Waals surface area contributed by atoms with Gasteiger partial charge in [-0.3, -0.25) is 0 Å². The monoisotopic (exact) mass is 1260 g/mol. The molecule has 30 heterocycles. The van der Waals surface area contributed by atoms with E-state index < -0.39 is 299 Å². The normalized spacial score (nSPS) is 54.6. The van der Waals surface area contributed by atoms with Gasteiger partial charge in [-0.15, -0.1) is 0 Å². The molecule has 0 aliphatic carbocycles. The topological polar surface area (TPSA) is 593 Å². The Hall–Kier alpha value is -1.52. The number of rotatable bonds is 8. The molecular weight excluding hydrogens is 1180 g/mol. The van der Waals surface area contributed by atoms with E-state index in [-0.39, 0.29) is 0 Å². The van der Waals surface area contributed by atoms with Crippen molar-refractivity contribution in [2.45, 2.75) is 246 Å². The van der Waals surface area contributed by atoms with E-state index in [0.717, 1.165) is 0 Å². The van der Waals surface area contributed by atoms with Crippen molar-refractivity contribution in [3.8, 4) is 0 Å². The summed E-state index contributed by atoms with van der Waals surface area (Å²) in [5.41, 5.74) is 0. The molecule has 38 atom stereocenters. The summed E-state index contributed by atoms with van der Waals surface area (Å²) in [6.45, 7) is -7.86. The van der Waals surface area contributed by atoms with Gasteiger partial charge in [0.15, 0.2) is 50.3 Å². The minimum Gasteiger partial charge on any atom is -0.394 e. The summed E-state index contributed by atoms with van der Waals surface area (Å²) in [5.74, 6) is 0. The average Bonchev–Trinajstić information content (AvgIpc) is 1.33. The van der Waals surface area contributed by atoms with Gasteiger partial charge in [0.05, 0.1) is 65.1 Å². The summed E-state index contributed by atoms with van der Waals surface area (Å²) < 4.78 is 92.2.